The first-order valence-electron chi connectivity index (χ1n) is 6.09. The average Bonchev–Trinajstić information content (AvgIpc) is 2.61. The first-order valence-corrected chi connectivity index (χ1v) is 7.41. The van der Waals surface area contributed by atoms with E-state index in [-0.39, 0.29) is 0 Å². The molecule has 1 atom stereocenters. The highest BCUT2D eigenvalue weighted by Crippen LogP contribution is 2.33. The van der Waals surface area contributed by atoms with Crippen molar-refractivity contribution in [3.05, 3.63) is 23.8 Å². The quantitative estimate of drug-likeness (QED) is 0.641. The highest BCUT2D eigenvalue weighted by molar-refractivity contribution is 7.92. The Bertz CT molecular complexity index is 384. The summed E-state index contributed by atoms with van der Waals surface area (Å²) < 4.78 is 11.9. The molecular formula is C13H20N2OS. The van der Waals surface area contributed by atoms with E-state index in [4.69, 9.17) is 0 Å². The van der Waals surface area contributed by atoms with Crippen LogP contribution in [0.3, 0.4) is 0 Å². The second-order valence-electron chi connectivity index (χ2n) is 4.54. The van der Waals surface area contributed by atoms with E-state index in [1.165, 1.54) is 18.4 Å². The summed E-state index contributed by atoms with van der Waals surface area (Å²) in [5, 5.41) is 3.15. The Kier molecular flexibility index (Phi) is 4.31. The van der Waals surface area contributed by atoms with Crippen LogP contribution in [-0.2, 0) is 17.6 Å². The fraction of sp³-hybridized carbons (Fsp3) is 0.538. The van der Waals surface area contributed by atoms with Gasteiger partial charge >= 0.3 is 0 Å². The van der Waals surface area contributed by atoms with E-state index in [1.807, 2.05) is 14.1 Å². The first kappa shape index (κ1) is 12.7. The molecule has 17 heavy (non-hydrogen) atoms. The fourth-order valence-corrected chi connectivity index (χ4v) is 3.53. The van der Waals surface area contributed by atoms with Crippen LogP contribution in [0.5, 0.6) is 0 Å². The van der Waals surface area contributed by atoms with Crippen LogP contribution < -0.4 is 10.2 Å². The normalized spacial score (nSPS) is 18.5. The van der Waals surface area contributed by atoms with Crippen molar-refractivity contribution in [2.75, 3.05) is 31.4 Å². The van der Waals surface area contributed by atoms with Gasteiger partial charge in [0, 0.05) is 18.2 Å². The molecule has 1 heterocycles. The molecule has 0 radical (unpaired) electrons. The average molecular weight is 252 g/mol. The number of rotatable bonds is 5. The van der Waals surface area contributed by atoms with Crippen molar-refractivity contribution in [3.8, 4) is 0 Å². The minimum Gasteiger partial charge on any atom is -0.610 e. The summed E-state index contributed by atoms with van der Waals surface area (Å²) >= 11 is -0.834. The van der Waals surface area contributed by atoms with Crippen molar-refractivity contribution in [2.24, 2.45) is 0 Å². The van der Waals surface area contributed by atoms with Crippen molar-refractivity contribution in [2.45, 2.75) is 24.2 Å². The number of benzene rings is 1. The molecule has 0 spiro atoms. The number of fused-ring (bicyclic) bond motifs is 1. The topological polar surface area (TPSA) is 38.3 Å². The van der Waals surface area contributed by atoms with E-state index in [9.17, 15) is 4.55 Å². The van der Waals surface area contributed by atoms with E-state index in [0.717, 1.165) is 23.5 Å². The van der Waals surface area contributed by atoms with Gasteiger partial charge in [-0.25, -0.2) is 0 Å². The Morgan fingerprint density at radius 3 is 3.00 bits per heavy atom. The van der Waals surface area contributed by atoms with Crippen molar-refractivity contribution >= 4 is 16.9 Å². The molecule has 1 aromatic rings. The number of unbranched alkanes of at least 4 members (excludes halogenated alkanes) is 1. The van der Waals surface area contributed by atoms with E-state index >= 15 is 0 Å². The van der Waals surface area contributed by atoms with Gasteiger partial charge in [0.25, 0.3) is 0 Å². The number of hydrogen-bond donors (Lipinski definition) is 1. The van der Waals surface area contributed by atoms with Gasteiger partial charge in [-0.1, -0.05) is 6.07 Å². The third kappa shape index (κ3) is 2.94. The molecule has 0 saturated heterocycles. The lowest BCUT2D eigenvalue weighted by Crippen LogP contribution is -2.16. The Labute approximate surface area is 106 Å². The minimum absolute atomic E-state index is 0.637. The zero-order valence-corrected chi connectivity index (χ0v) is 11.3. The number of hydrogen-bond acceptors (Lipinski definition) is 3. The van der Waals surface area contributed by atoms with Gasteiger partial charge < -0.3 is 14.8 Å². The summed E-state index contributed by atoms with van der Waals surface area (Å²) in [6.07, 6.45) is 3.45. The Hall–Kier alpha value is -0.710. The van der Waals surface area contributed by atoms with Crippen LogP contribution in [0.25, 0.3) is 0 Å². The maximum Gasteiger partial charge on any atom is 0.183 e. The van der Waals surface area contributed by atoms with Crippen LogP contribution in [0.15, 0.2) is 23.1 Å². The molecule has 1 aliphatic rings. The van der Waals surface area contributed by atoms with Crippen LogP contribution in [0.2, 0.25) is 0 Å². The maximum atomic E-state index is 11.9. The molecule has 0 aromatic heterocycles. The summed E-state index contributed by atoms with van der Waals surface area (Å²) in [5.74, 6) is 0.637. The monoisotopic (exact) mass is 252 g/mol. The van der Waals surface area contributed by atoms with Gasteiger partial charge in [0.1, 0.15) is 0 Å². The zero-order chi connectivity index (χ0) is 12.3. The van der Waals surface area contributed by atoms with Crippen molar-refractivity contribution < 1.29 is 4.55 Å². The predicted molar refractivity (Wildman–Crippen MR) is 73.0 cm³/mol. The maximum absolute atomic E-state index is 11.9. The molecule has 0 bridgehead atoms. The lowest BCUT2D eigenvalue weighted by Gasteiger charge is -2.07. The molecule has 1 aliphatic heterocycles. The first-order chi connectivity index (χ1) is 8.22. The molecule has 2 rings (SSSR count). The largest absolute Gasteiger partial charge is 0.610 e. The molecule has 3 nitrogen and oxygen atoms in total. The highest BCUT2D eigenvalue weighted by Gasteiger charge is 2.28. The van der Waals surface area contributed by atoms with E-state index in [2.05, 4.69) is 28.4 Å². The van der Waals surface area contributed by atoms with E-state index in [0.29, 0.717) is 5.88 Å². The van der Waals surface area contributed by atoms with Crippen molar-refractivity contribution in [1.29, 1.82) is 0 Å². The number of nitrogens with one attached hydrogen (secondary N) is 1. The number of nitrogens with zero attached hydrogens (tertiary/aromatic N) is 1. The van der Waals surface area contributed by atoms with Crippen LogP contribution in [0, 0.1) is 0 Å². The predicted octanol–water partition coefficient (Wildman–Crippen LogP) is 1.74. The van der Waals surface area contributed by atoms with E-state index < -0.39 is 11.2 Å². The molecular weight excluding hydrogens is 232 g/mol. The third-order valence-electron chi connectivity index (χ3n) is 3.13. The van der Waals surface area contributed by atoms with Crippen LogP contribution in [0.1, 0.15) is 18.4 Å². The molecule has 0 amide bonds. The summed E-state index contributed by atoms with van der Waals surface area (Å²) in [5.41, 5.74) is 2.44. The molecule has 0 fully saturated rings. The van der Waals surface area contributed by atoms with Gasteiger partial charge in [-0.15, -0.1) is 0 Å². The summed E-state index contributed by atoms with van der Waals surface area (Å²) in [6.45, 7) is 1.07. The fourth-order valence-electron chi connectivity index (χ4n) is 2.16. The molecule has 1 aromatic carbocycles. The smallest absolute Gasteiger partial charge is 0.183 e. The Balaban J connectivity index is 1.99. The summed E-state index contributed by atoms with van der Waals surface area (Å²) in [4.78, 5) is 3.08. The van der Waals surface area contributed by atoms with Crippen molar-refractivity contribution in [1.82, 2.24) is 5.32 Å². The molecule has 94 valence electrons. The van der Waals surface area contributed by atoms with Gasteiger partial charge in [-0.3, -0.25) is 0 Å². The van der Waals surface area contributed by atoms with Crippen molar-refractivity contribution in [3.63, 3.8) is 0 Å². The summed E-state index contributed by atoms with van der Waals surface area (Å²) in [7, 11) is 3.98. The van der Waals surface area contributed by atoms with Crippen LogP contribution >= 0.6 is 0 Å². The zero-order valence-electron chi connectivity index (χ0n) is 10.5. The lowest BCUT2D eigenvalue weighted by atomic mass is 10.1. The minimum atomic E-state index is -0.834. The van der Waals surface area contributed by atoms with Gasteiger partial charge in [-0.2, -0.15) is 0 Å². The van der Waals surface area contributed by atoms with Gasteiger partial charge in [0.05, 0.1) is 5.69 Å². The Morgan fingerprint density at radius 2 is 2.24 bits per heavy atom. The van der Waals surface area contributed by atoms with Gasteiger partial charge in [-0.05, 0) is 50.6 Å². The molecule has 1 N–H and O–H groups in total. The number of aryl methyl sites for hydroxylation is 1. The standard InChI is InChI=1S/C13H20N2OS/c1-14-8-4-3-5-11-6-7-12-13(9-11)17(16)10-15(12)2/h6-7,9,14H,3-5,8,10H2,1-2H3. The third-order valence-corrected chi connectivity index (χ3v) is 4.57. The van der Waals surface area contributed by atoms with E-state index in [1.54, 1.807) is 0 Å². The molecule has 1 unspecified atom stereocenters. The molecule has 0 aliphatic carbocycles. The second-order valence-corrected chi connectivity index (χ2v) is 5.92. The number of anilines is 1. The van der Waals surface area contributed by atoms with Gasteiger partial charge in [0.15, 0.2) is 10.8 Å². The SMILES string of the molecule is CNCCCCc1ccc2c(c1)[S+]([O-])CN2C. The van der Waals surface area contributed by atoms with Gasteiger partial charge in [0.2, 0.25) is 0 Å². The second kappa shape index (κ2) is 5.76. The molecule has 0 saturated carbocycles. The van der Waals surface area contributed by atoms with Crippen LogP contribution in [-0.4, -0.2) is 31.1 Å². The lowest BCUT2D eigenvalue weighted by molar-refractivity contribution is 0.598. The highest BCUT2D eigenvalue weighted by atomic mass is 32.2. The summed E-state index contributed by atoms with van der Waals surface area (Å²) in [6, 6.07) is 6.39. The Morgan fingerprint density at radius 1 is 1.41 bits per heavy atom. The van der Waals surface area contributed by atoms with Crippen LogP contribution in [0.4, 0.5) is 5.69 Å². The molecule has 4 heteroatoms.